The standard InChI is InChI=1S/C18H23N3O3S/c22-15-6-2-1-4-12(15)5-3-11-19-16(23)13-7-9-14(10-8-13)17-20-21-18(25)24-17/h7-10,12,15,22H,1-6,11H2,(H,19,23)(H,21,25)/t12-,15+/m1/s1. The largest absolute Gasteiger partial charge is 0.409 e. The van der Waals surface area contributed by atoms with Crippen LogP contribution in [0.1, 0.15) is 48.9 Å². The zero-order chi connectivity index (χ0) is 17.6. The molecule has 6 nitrogen and oxygen atoms in total. The topological polar surface area (TPSA) is 91.1 Å². The highest BCUT2D eigenvalue weighted by Gasteiger charge is 2.22. The fourth-order valence-electron chi connectivity index (χ4n) is 3.31. The van der Waals surface area contributed by atoms with E-state index < -0.39 is 0 Å². The third-order valence-corrected chi connectivity index (χ3v) is 4.91. The van der Waals surface area contributed by atoms with Crippen molar-refractivity contribution in [2.75, 3.05) is 6.54 Å². The van der Waals surface area contributed by atoms with Crippen LogP contribution >= 0.6 is 12.2 Å². The minimum atomic E-state index is -0.167. The van der Waals surface area contributed by atoms with Crippen LogP contribution in [-0.2, 0) is 0 Å². The normalized spacial score (nSPS) is 20.4. The van der Waals surface area contributed by atoms with E-state index in [9.17, 15) is 9.90 Å². The lowest BCUT2D eigenvalue weighted by molar-refractivity contribution is 0.0641. The second kappa shape index (κ2) is 8.40. The van der Waals surface area contributed by atoms with E-state index in [2.05, 4.69) is 15.5 Å². The Labute approximate surface area is 151 Å². The molecule has 0 saturated heterocycles. The van der Waals surface area contributed by atoms with Crippen LogP contribution < -0.4 is 5.32 Å². The average molecular weight is 361 g/mol. The molecule has 0 bridgehead atoms. The summed E-state index contributed by atoms with van der Waals surface area (Å²) in [4.78, 5) is 12.4. The van der Waals surface area contributed by atoms with Crippen molar-refractivity contribution >= 4 is 18.1 Å². The first-order chi connectivity index (χ1) is 12.1. The number of rotatable bonds is 6. The van der Waals surface area contributed by atoms with Crippen molar-refractivity contribution in [3.8, 4) is 11.5 Å². The zero-order valence-corrected chi connectivity index (χ0v) is 14.8. The molecule has 134 valence electrons. The molecule has 7 heteroatoms. The molecule has 0 radical (unpaired) electrons. The molecule has 3 N–H and O–H groups in total. The maximum Gasteiger partial charge on any atom is 0.284 e. The third-order valence-electron chi connectivity index (χ3n) is 4.74. The Hall–Kier alpha value is -1.99. The van der Waals surface area contributed by atoms with Crippen LogP contribution in [0, 0.1) is 10.8 Å². The molecule has 1 aliphatic carbocycles. The number of benzene rings is 1. The minimum absolute atomic E-state index is 0.0985. The molecule has 0 unspecified atom stereocenters. The van der Waals surface area contributed by atoms with Crippen molar-refractivity contribution in [1.29, 1.82) is 0 Å². The number of carbonyl (C=O) groups is 1. The van der Waals surface area contributed by atoms with Gasteiger partial charge in [-0.15, -0.1) is 5.10 Å². The number of nitrogens with one attached hydrogen (secondary N) is 2. The molecule has 1 heterocycles. The lowest BCUT2D eigenvalue weighted by Crippen LogP contribution is -2.27. The second-order valence-electron chi connectivity index (χ2n) is 6.51. The molecule has 0 aliphatic heterocycles. The first kappa shape index (κ1) is 17.8. The van der Waals surface area contributed by atoms with Gasteiger partial charge in [0.2, 0.25) is 5.89 Å². The minimum Gasteiger partial charge on any atom is -0.409 e. The van der Waals surface area contributed by atoms with Crippen LogP contribution in [0.15, 0.2) is 28.7 Å². The van der Waals surface area contributed by atoms with Crippen molar-refractivity contribution in [1.82, 2.24) is 15.5 Å². The average Bonchev–Trinajstić information content (AvgIpc) is 3.06. The fourth-order valence-corrected chi connectivity index (χ4v) is 3.44. The predicted molar refractivity (Wildman–Crippen MR) is 96.7 cm³/mol. The van der Waals surface area contributed by atoms with E-state index in [-0.39, 0.29) is 16.8 Å². The van der Waals surface area contributed by atoms with Gasteiger partial charge in [-0.1, -0.05) is 12.8 Å². The summed E-state index contributed by atoms with van der Waals surface area (Å²) in [6, 6.07) is 7.04. The molecular formula is C18H23N3O3S. The van der Waals surface area contributed by atoms with E-state index in [1.807, 2.05) is 0 Å². The Balaban J connectivity index is 1.46. The number of aromatic nitrogens is 2. The Morgan fingerprint density at radius 2 is 2.08 bits per heavy atom. The van der Waals surface area contributed by atoms with E-state index in [1.54, 1.807) is 24.3 Å². The van der Waals surface area contributed by atoms with Gasteiger partial charge in [0.15, 0.2) is 0 Å². The van der Waals surface area contributed by atoms with Crippen LogP contribution in [0.25, 0.3) is 11.5 Å². The second-order valence-corrected chi connectivity index (χ2v) is 6.88. The molecule has 2 aromatic rings. The highest BCUT2D eigenvalue weighted by atomic mass is 32.1. The van der Waals surface area contributed by atoms with E-state index in [0.29, 0.717) is 23.9 Å². The first-order valence-electron chi connectivity index (χ1n) is 8.75. The predicted octanol–water partition coefficient (Wildman–Crippen LogP) is 3.46. The molecule has 1 fully saturated rings. The summed E-state index contributed by atoms with van der Waals surface area (Å²) in [7, 11) is 0. The summed E-state index contributed by atoms with van der Waals surface area (Å²) >= 11 is 4.85. The summed E-state index contributed by atoms with van der Waals surface area (Å²) in [5.41, 5.74) is 1.35. The SMILES string of the molecule is O=C(NCCC[C@H]1CCCC[C@@H]1O)c1ccc(-c2n[nH]c(=S)o2)cc1. The van der Waals surface area contributed by atoms with Gasteiger partial charge in [-0.3, -0.25) is 4.79 Å². The lowest BCUT2D eigenvalue weighted by Gasteiger charge is -2.27. The maximum atomic E-state index is 12.2. The Bertz CT molecular complexity index is 753. The molecule has 1 saturated carbocycles. The van der Waals surface area contributed by atoms with Crippen LogP contribution in [0.4, 0.5) is 0 Å². The molecular weight excluding hydrogens is 338 g/mol. The van der Waals surface area contributed by atoms with Gasteiger partial charge in [0, 0.05) is 17.7 Å². The van der Waals surface area contributed by atoms with Crippen LogP contribution in [0.3, 0.4) is 0 Å². The van der Waals surface area contributed by atoms with Gasteiger partial charge in [0.25, 0.3) is 10.7 Å². The molecule has 3 rings (SSSR count). The summed E-state index contributed by atoms with van der Waals surface area (Å²) in [5.74, 6) is 0.693. The maximum absolute atomic E-state index is 12.2. The Morgan fingerprint density at radius 1 is 1.32 bits per heavy atom. The molecule has 1 amide bonds. The Kier molecular flexibility index (Phi) is 5.99. The van der Waals surface area contributed by atoms with Crippen molar-refractivity contribution in [3.63, 3.8) is 0 Å². The van der Waals surface area contributed by atoms with Crippen molar-refractivity contribution in [3.05, 3.63) is 34.7 Å². The first-order valence-corrected chi connectivity index (χ1v) is 9.16. The number of carbonyl (C=O) groups excluding carboxylic acids is 1. The van der Waals surface area contributed by atoms with Gasteiger partial charge in [-0.25, -0.2) is 5.10 Å². The van der Waals surface area contributed by atoms with Crippen LogP contribution in [-0.4, -0.2) is 33.9 Å². The number of aliphatic hydroxyl groups is 1. The summed E-state index contributed by atoms with van der Waals surface area (Å²) in [6.07, 6.45) is 6.03. The summed E-state index contributed by atoms with van der Waals surface area (Å²) in [6.45, 7) is 0.623. The van der Waals surface area contributed by atoms with Crippen LogP contribution in [0.5, 0.6) is 0 Å². The fraction of sp³-hybridized carbons (Fsp3) is 0.500. The number of nitrogens with zero attached hydrogens (tertiary/aromatic N) is 1. The van der Waals surface area contributed by atoms with Gasteiger partial charge in [0.05, 0.1) is 6.10 Å². The smallest absolute Gasteiger partial charge is 0.284 e. The third kappa shape index (κ3) is 4.76. The van der Waals surface area contributed by atoms with Crippen molar-refractivity contribution < 1.29 is 14.3 Å². The monoisotopic (exact) mass is 361 g/mol. The molecule has 1 aromatic carbocycles. The van der Waals surface area contributed by atoms with Crippen LogP contribution in [0.2, 0.25) is 0 Å². The number of amides is 1. The van der Waals surface area contributed by atoms with Crippen molar-refractivity contribution in [2.45, 2.75) is 44.6 Å². The lowest BCUT2D eigenvalue weighted by atomic mass is 9.83. The summed E-state index contributed by atoms with van der Waals surface area (Å²) < 4.78 is 5.24. The van der Waals surface area contributed by atoms with Gasteiger partial charge in [0.1, 0.15) is 0 Å². The highest BCUT2D eigenvalue weighted by Crippen LogP contribution is 2.27. The number of hydrogen-bond donors (Lipinski definition) is 3. The number of H-pyrrole nitrogens is 1. The molecule has 25 heavy (non-hydrogen) atoms. The zero-order valence-electron chi connectivity index (χ0n) is 14.0. The van der Waals surface area contributed by atoms with Gasteiger partial charge in [-0.05, 0) is 68.1 Å². The quantitative estimate of drug-likeness (QED) is 0.541. The molecule has 0 spiro atoms. The van der Waals surface area contributed by atoms with E-state index >= 15 is 0 Å². The Morgan fingerprint density at radius 3 is 2.76 bits per heavy atom. The van der Waals surface area contributed by atoms with E-state index in [1.165, 1.54) is 6.42 Å². The molecule has 1 aromatic heterocycles. The number of hydrogen-bond acceptors (Lipinski definition) is 5. The number of aromatic amines is 1. The van der Waals surface area contributed by atoms with E-state index in [0.717, 1.165) is 37.7 Å². The van der Waals surface area contributed by atoms with Gasteiger partial charge < -0.3 is 14.8 Å². The molecule has 1 aliphatic rings. The highest BCUT2D eigenvalue weighted by molar-refractivity contribution is 7.71. The van der Waals surface area contributed by atoms with Gasteiger partial charge in [-0.2, -0.15) is 0 Å². The number of aliphatic hydroxyl groups excluding tert-OH is 1. The van der Waals surface area contributed by atoms with Crippen molar-refractivity contribution in [2.24, 2.45) is 5.92 Å². The van der Waals surface area contributed by atoms with E-state index in [4.69, 9.17) is 16.6 Å². The summed E-state index contributed by atoms with van der Waals surface area (Å²) in [5, 5.41) is 19.4. The van der Waals surface area contributed by atoms with Gasteiger partial charge >= 0.3 is 0 Å². The molecule has 2 atom stereocenters.